The quantitative estimate of drug-likeness (QED) is 0.748. The van der Waals surface area contributed by atoms with E-state index in [1.165, 1.54) is 12.1 Å². The fraction of sp³-hybridized carbons (Fsp3) is 0.462. The average Bonchev–Trinajstić information content (AvgIpc) is 2.38. The maximum atomic E-state index is 12.4. The molecule has 2 rings (SSSR count). The summed E-state index contributed by atoms with van der Waals surface area (Å²) >= 11 is 0. The predicted octanol–water partition coefficient (Wildman–Crippen LogP) is 2.90. The Morgan fingerprint density at radius 2 is 1.67 bits per heavy atom. The van der Waals surface area contributed by atoms with E-state index in [1.54, 1.807) is 0 Å². The van der Waals surface area contributed by atoms with Crippen LogP contribution in [0.5, 0.6) is 0 Å². The summed E-state index contributed by atoms with van der Waals surface area (Å²) in [5.74, 6) is -0.169. The van der Waals surface area contributed by atoms with Crippen molar-refractivity contribution in [2.75, 3.05) is 13.1 Å². The summed E-state index contributed by atoms with van der Waals surface area (Å²) in [7, 11) is 0. The highest BCUT2D eigenvalue weighted by Crippen LogP contribution is 2.29. The van der Waals surface area contributed by atoms with E-state index in [0.717, 1.165) is 12.1 Å². The van der Waals surface area contributed by atoms with Gasteiger partial charge in [-0.2, -0.15) is 13.2 Å². The van der Waals surface area contributed by atoms with Gasteiger partial charge in [0.05, 0.1) is 5.56 Å². The number of carbonyl (C=O) groups excluding carboxylic acids is 1. The van der Waals surface area contributed by atoms with E-state index in [0.29, 0.717) is 31.5 Å². The van der Waals surface area contributed by atoms with Gasteiger partial charge in [0, 0.05) is 24.6 Å². The molecular formula is C13H13F3NO. The third kappa shape index (κ3) is 2.90. The molecule has 0 N–H and O–H groups in total. The average molecular weight is 256 g/mol. The van der Waals surface area contributed by atoms with E-state index in [2.05, 4.69) is 5.32 Å². The highest BCUT2D eigenvalue weighted by atomic mass is 19.4. The van der Waals surface area contributed by atoms with Crippen LogP contribution in [0.25, 0.3) is 0 Å². The molecule has 1 aliphatic rings. The number of benzene rings is 1. The van der Waals surface area contributed by atoms with Gasteiger partial charge in [-0.3, -0.25) is 4.79 Å². The standard InChI is InChI=1S/C13H13F3NO/c14-13(15,16)11-3-1-9(2-4-11)12(18)10-5-7-17-8-6-10/h1-4,10H,5-8H2. The van der Waals surface area contributed by atoms with Crippen LogP contribution >= 0.6 is 0 Å². The molecule has 1 saturated heterocycles. The van der Waals surface area contributed by atoms with Gasteiger partial charge in [0.1, 0.15) is 0 Å². The van der Waals surface area contributed by atoms with Crippen molar-refractivity contribution < 1.29 is 18.0 Å². The van der Waals surface area contributed by atoms with Gasteiger partial charge >= 0.3 is 6.18 Å². The zero-order valence-electron chi connectivity index (χ0n) is 9.70. The highest BCUT2D eigenvalue weighted by molar-refractivity contribution is 5.97. The summed E-state index contributed by atoms with van der Waals surface area (Å²) in [6.45, 7) is 1.33. The van der Waals surface area contributed by atoms with Gasteiger partial charge in [0.25, 0.3) is 0 Å². The van der Waals surface area contributed by atoms with E-state index in [4.69, 9.17) is 0 Å². The monoisotopic (exact) mass is 256 g/mol. The van der Waals surface area contributed by atoms with Gasteiger partial charge in [0.15, 0.2) is 5.78 Å². The van der Waals surface area contributed by atoms with Crippen molar-refractivity contribution in [3.63, 3.8) is 0 Å². The van der Waals surface area contributed by atoms with Crippen LogP contribution in [-0.4, -0.2) is 18.9 Å². The molecule has 1 radical (unpaired) electrons. The third-order valence-corrected chi connectivity index (χ3v) is 3.14. The Bertz CT molecular complexity index is 419. The van der Waals surface area contributed by atoms with Gasteiger partial charge in [0.2, 0.25) is 0 Å². The first-order chi connectivity index (χ1) is 8.48. The second-order valence-corrected chi connectivity index (χ2v) is 4.38. The number of alkyl halides is 3. The predicted molar refractivity (Wildman–Crippen MR) is 60.4 cm³/mol. The lowest BCUT2D eigenvalue weighted by atomic mass is 9.89. The fourth-order valence-electron chi connectivity index (χ4n) is 2.07. The van der Waals surface area contributed by atoms with Crippen molar-refractivity contribution in [1.29, 1.82) is 0 Å². The summed E-state index contributed by atoms with van der Waals surface area (Å²) < 4.78 is 37.1. The Kier molecular flexibility index (Phi) is 3.71. The van der Waals surface area contributed by atoms with Gasteiger partial charge < -0.3 is 0 Å². The Labute approximate surface area is 103 Å². The first-order valence-electron chi connectivity index (χ1n) is 5.83. The number of halogens is 3. The molecule has 2 nitrogen and oxygen atoms in total. The summed E-state index contributed by atoms with van der Waals surface area (Å²) in [5, 5.41) is 4.15. The smallest absolute Gasteiger partial charge is 0.294 e. The topological polar surface area (TPSA) is 31.2 Å². The molecule has 0 aliphatic carbocycles. The Morgan fingerprint density at radius 3 is 2.17 bits per heavy atom. The molecule has 0 saturated carbocycles. The van der Waals surface area contributed by atoms with Crippen molar-refractivity contribution in [3.05, 3.63) is 35.4 Å². The van der Waals surface area contributed by atoms with E-state index in [-0.39, 0.29) is 11.7 Å². The number of nitrogens with zero attached hydrogens (tertiary/aromatic N) is 1. The molecule has 1 aromatic rings. The highest BCUT2D eigenvalue weighted by Gasteiger charge is 2.30. The lowest BCUT2D eigenvalue weighted by Gasteiger charge is -2.20. The second-order valence-electron chi connectivity index (χ2n) is 4.38. The number of piperidine rings is 1. The summed E-state index contributed by atoms with van der Waals surface area (Å²) in [6.07, 6.45) is -2.97. The number of hydrogen-bond acceptors (Lipinski definition) is 1. The molecule has 97 valence electrons. The van der Waals surface area contributed by atoms with Crippen LogP contribution in [0.4, 0.5) is 13.2 Å². The minimum atomic E-state index is -4.36. The molecule has 5 heteroatoms. The van der Waals surface area contributed by atoms with Crippen molar-refractivity contribution in [1.82, 2.24) is 5.32 Å². The second kappa shape index (κ2) is 5.10. The molecule has 1 aliphatic heterocycles. The summed E-state index contributed by atoms with van der Waals surface area (Å²) in [5.41, 5.74) is -0.368. The zero-order valence-corrected chi connectivity index (χ0v) is 9.70. The molecule has 0 spiro atoms. The minimum absolute atomic E-state index is 0.0707. The zero-order chi connectivity index (χ0) is 13.2. The largest absolute Gasteiger partial charge is 0.416 e. The molecule has 0 unspecified atom stereocenters. The van der Waals surface area contributed by atoms with Gasteiger partial charge in [-0.15, -0.1) is 0 Å². The van der Waals surface area contributed by atoms with Crippen molar-refractivity contribution in [2.45, 2.75) is 19.0 Å². The minimum Gasteiger partial charge on any atom is -0.294 e. The number of carbonyl (C=O) groups is 1. The molecule has 0 bridgehead atoms. The number of Topliss-reactive ketones (excluding diaryl/α,β-unsaturated/α-hetero) is 1. The van der Waals surface area contributed by atoms with E-state index >= 15 is 0 Å². The van der Waals surface area contributed by atoms with Crippen LogP contribution in [0.3, 0.4) is 0 Å². The SMILES string of the molecule is O=C(c1ccc(C(F)(F)F)cc1)C1CC[N]CC1. The molecule has 1 aromatic carbocycles. The van der Waals surface area contributed by atoms with E-state index in [1.807, 2.05) is 0 Å². The Morgan fingerprint density at radius 1 is 1.11 bits per heavy atom. The Hall–Kier alpha value is -1.36. The molecular weight excluding hydrogens is 243 g/mol. The molecule has 1 fully saturated rings. The normalized spacial score (nSPS) is 17.7. The first kappa shape index (κ1) is 13.1. The number of hydrogen-bond donors (Lipinski definition) is 0. The molecule has 18 heavy (non-hydrogen) atoms. The summed E-state index contributed by atoms with van der Waals surface area (Å²) in [4.78, 5) is 12.0. The fourth-order valence-corrected chi connectivity index (χ4v) is 2.07. The van der Waals surface area contributed by atoms with Gasteiger partial charge in [-0.1, -0.05) is 12.1 Å². The lowest BCUT2D eigenvalue weighted by molar-refractivity contribution is -0.137. The molecule has 0 atom stereocenters. The van der Waals surface area contributed by atoms with Crippen LogP contribution in [-0.2, 0) is 6.18 Å². The Balaban J connectivity index is 2.11. The number of ketones is 1. The van der Waals surface area contributed by atoms with Crippen LogP contribution in [0, 0.1) is 5.92 Å². The maximum Gasteiger partial charge on any atom is 0.416 e. The third-order valence-electron chi connectivity index (χ3n) is 3.14. The van der Waals surface area contributed by atoms with Crippen molar-refractivity contribution >= 4 is 5.78 Å². The molecule has 0 amide bonds. The summed E-state index contributed by atoms with van der Waals surface area (Å²) in [6, 6.07) is 4.44. The lowest BCUT2D eigenvalue weighted by Crippen LogP contribution is -2.27. The van der Waals surface area contributed by atoms with E-state index in [9.17, 15) is 18.0 Å². The van der Waals surface area contributed by atoms with Crippen LogP contribution in [0.2, 0.25) is 0 Å². The van der Waals surface area contributed by atoms with E-state index < -0.39 is 11.7 Å². The van der Waals surface area contributed by atoms with Crippen LogP contribution in [0.1, 0.15) is 28.8 Å². The first-order valence-corrected chi connectivity index (χ1v) is 5.83. The van der Waals surface area contributed by atoms with Gasteiger partial charge in [-0.05, 0) is 25.0 Å². The van der Waals surface area contributed by atoms with Crippen molar-refractivity contribution in [3.8, 4) is 0 Å². The molecule has 1 heterocycles. The molecule has 0 aromatic heterocycles. The van der Waals surface area contributed by atoms with Gasteiger partial charge in [-0.25, -0.2) is 5.32 Å². The maximum absolute atomic E-state index is 12.4. The van der Waals surface area contributed by atoms with Crippen LogP contribution in [0.15, 0.2) is 24.3 Å². The number of rotatable bonds is 2. The van der Waals surface area contributed by atoms with Crippen molar-refractivity contribution in [2.24, 2.45) is 5.92 Å². The van der Waals surface area contributed by atoms with Crippen LogP contribution < -0.4 is 5.32 Å².